The van der Waals surface area contributed by atoms with E-state index < -0.39 is 10.0 Å². The first-order chi connectivity index (χ1) is 10.8. The highest BCUT2D eigenvalue weighted by atomic mass is 35.5. The molecule has 0 saturated heterocycles. The molecule has 0 saturated carbocycles. The van der Waals surface area contributed by atoms with Crippen LogP contribution in [0, 0.1) is 0 Å². The van der Waals surface area contributed by atoms with Crippen LogP contribution >= 0.6 is 11.6 Å². The maximum absolute atomic E-state index is 12.3. The van der Waals surface area contributed by atoms with Gasteiger partial charge in [0.2, 0.25) is 10.0 Å². The van der Waals surface area contributed by atoms with Gasteiger partial charge in [0.25, 0.3) is 5.91 Å². The van der Waals surface area contributed by atoms with E-state index in [9.17, 15) is 13.2 Å². The van der Waals surface area contributed by atoms with Crippen molar-refractivity contribution in [3.05, 3.63) is 64.2 Å². The molecule has 1 atom stereocenters. The second-order valence-corrected chi connectivity index (χ2v) is 7.48. The molecular formula is C16H15ClN2O3S. The molecular weight excluding hydrogens is 336 g/mol. The predicted octanol–water partition coefficient (Wildman–Crippen LogP) is 2.40. The first-order valence-electron chi connectivity index (χ1n) is 7.06. The number of fused-ring (bicyclic) bond motifs is 1. The second kappa shape index (κ2) is 5.96. The standard InChI is InChI=1S/C16H15ClN2O3S/c17-12-4-7-14-11(9-12)3-8-15(14)19-16(20)10-1-5-13(6-2-10)23(18,21)22/h1-2,4-7,9,15H,3,8H2,(H,19,20)(H2,18,21,22). The zero-order chi connectivity index (χ0) is 16.6. The van der Waals surface area contributed by atoms with Crippen molar-refractivity contribution in [2.24, 2.45) is 5.14 Å². The van der Waals surface area contributed by atoms with Gasteiger partial charge in [-0.25, -0.2) is 13.6 Å². The molecule has 1 unspecified atom stereocenters. The molecule has 0 radical (unpaired) electrons. The van der Waals surface area contributed by atoms with Crippen molar-refractivity contribution in [3.8, 4) is 0 Å². The van der Waals surface area contributed by atoms with Crippen LogP contribution in [0.25, 0.3) is 0 Å². The minimum absolute atomic E-state index is 0.0186. The molecule has 1 aliphatic carbocycles. The summed E-state index contributed by atoms with van der Waals surface area (Å²) in [4.78, 5) is 12.3. The number of halogens is 1. The Morgan fingerprint density at radius 1 is 1.17 bits per heavy atom. The third-order valence-electron chi connectivity index (χ3n) is 3.93. The van der Waals surface area contributed by atoms with Gasteiger partial charge in [-0.15, -0.1) is 0 Å². The van der Waals surface area contributed by atoms with E-state index in [2.05, 4.69) is 5.32 Å². The molecule has 0 heterocycles. The van der Waals surface area contributed by atoms with Crippen LogP contribution in [-0.4, -0.2) is 14.3 Å². The normalized spacial score (nSPS) is 16.9. The second-order valence-electron chi connectivity index (χ2n) is 5.48. The Bertz CT molecular complexity index is 863. The Labute approximate surface area is 139 Å². The van der Waals surface area contributed by atoms with E-state index in [4.69, 9.17) is 16.7 Å². The molecule has 0 spiro atoms. The summed E-state index contributed by atoms with van der Waals surface area (Å²) in [6, 6.07) is 11.2. The van der Waals surface area contributed by atoms with E-state index in [1.165, 1.54) is 24.3 Å². The van der Waals surface area contributed by atoms with E-state index in [1.807, 2.05) is 18.2 Å². The van der Waals surface area contributed by atoms with E-state index in [0.29, 0.717) is 10.6 Å². The molecule has 2 aromatic rings. The maximum Gasteiger partial charge on any atom is 0.251 e. The molecule has 0 bridgehead atoms. The molecule has 5 nitrogen and oxygen atoms in total. The molecule has 1 aliphatic rings. The van der Waals surface area contributed by atoms with Gasteiger partial charge >= 0.3 is 0 Å². The van der Waals surface area contributed by atoms with E-state index in [1.54, 1.807) is 0 Å². The first-order valence-corrected chi connectivity index (χ1v) is 8.99. The lowest BCUT2D eigenvalue weighted by molar-refractivity contribution is 0.0936. The maximum atomic E-state index is 12.3. The molecule has 2 aromatic carbocycles. The molecule has 3 N–H and O–H groups in total. The highest BCUT2D eigenvalue weighted by Crippen LogP contribution is 2.33. The number of carbonyl (C=O) groups excluding carboxylic acids is 1. The Balaban J connectivity index is 1.76. The number of primary sulfonamides is 1. The monoisotopic (exact) mass is 350 g/mol. The molecule has 7 heteroatoms. The minimum atomic E-state index is -3.76. The zero-order valence-corrected chi connectivity index (χ0v) is 13.7. The van der Waals surface area contributed by atoms with Crippen molar-refractivity contribution in [1.82, 2.24) is 5.32 Å². The molecule has 3 rings (SSSR count). The summed E-state index contributed by atoms with van der Waals surface area (Å²) in [5, 5.41) is 8.70. The van der Waals surface area contributed by atoms with Crippen LogP contribution in [0.3, 0.4) is 0 Å². The summed E-state index contributed by atoms with van der Waals surface area (Å²) in [5.74, 6) is -0.251. The molecule has 23 heavy (non-hydrogen) atoms. The lowest BCUT2D eigenvalue weighted by Crippen LogP contribution is -2.27. The van der Waals surface area contributed by atoms with Crippen molar-refractivity contribution >= 4 is 27.5 Å². The molecule has 120 valence electrons. The Kier molecular flexibility index (Phi) is 4.14. The largest absolute Gasteiger partial charge is 0.345 e. The van der Waals surface area contributed by atoms with Crippen LogP contribution in [-0.2, 0) is 16.4 Å². The van der Waals surface area contributed by atoms with Gasteiger partial charge < -0.3 is 5.32 Å². The lowest BCUT2D eigenvalue weighted by Gasteiger charge is -2.14. The number of benzene rings is 2. The third-order valence-corrected chi connectivity index (χ3v) is 5.10. The topological polar surface area (TPSA) is 89.3 Å². The summed E-state index contributed by atoms with van der Waals surface area (Å²) < 4.78 is 22.4. The number of carbonyl (C=O) groups is 1. The van der Waals surface area contributed by atoms with Gasteiger partial charge in [-0.05, 0) is 60.4 Å². The van der Waals surface area contributed by atoms with E-state index in [0.717, 1.165) is 24.0 Å². The van der Waals surface area contributed by atoms with Gasteiger partial charge in [0, 0.05) is 10.6 Å². The minimum Gasteiger partial charge on any atom is -0.345 e. The summed E-state index contributed by atoms with van der Waals surface area (Å²) in [7, 11) is -3.76. The van der Waals surface area contributed by atoms with Crippen LogP contribution in [0.15, 0.2) is 47.4 Å². The van der Waals surface area contributed by atoms with Crippen molar-refractivity contribution < 1.29 is 13.2 Å². The summed E-state index contributed by atoms with van der Waals surface area (Å²) in [5.41, 5.74) is 2.61. The van der Waals surface area contributed by atoms with Gasteiger partial charge in [-0.1, -0.05) is 17.7 Å². The number of hydrogen-bond acceptors (Lipinski definition) is 3. The average Bonchev–Trinajstić information content (AvgIpc) is 2.88. The Morgan fingerprint density at radius 3 is 2.52 bits per heavy atom. The molecule has 0 aliphatic heterocycles. The molecule has 0 fully saturated rings. The highest BCUT2D eigenvalue weighted by Gasteiger charge is 2.24. The first kappa shape index (κ1) is 16.0. The number of aryl methyl sites for hydroxylation is 1. The van der Waals surface area contributed by atoms with Crippen LogP contribution in [0.1, 0.15) is 33.9 Å². The van der Waals surface area contributed by atoms with Crippen molar-refractivity contribution in [3.63, 3.8) is 0 Å². The SMILES string of the molecule is NS(=O)(=O)c1ccc(C(=O)NC2CCc3cc(Cl)ccc32)cc1. The van der Waals surface area contributed by atoms with Crippen LogP contribution in [0.2, 0.25) is 5.02 Å². The fraction of sp³-hybridized carbons (Fsp3) is 0.188. The summed E-state index contributed by atoms with van der Waals surface area (Å²) in [6.45, 7) is 0. The summed E-state index contributed by atoms with van der Waals surface area (Å²) in [6.07, 6.45) is 1.68. The zero-order valence-electron chi connectivity index (χ0n) is 12.1. The number of nitrogens with one attached hydrogen (secondary N) is 1. The summed E-state index contributed by atoms with van der Waals surface area (Å²) >= 11 is 5.98. The number of hydrogen-bond donors (Lipinski definition) is 2. The molecule has 0 aromatic heterocycles. The van der Waals surface area contributed by atoms with Crippen LogP contribution in [0.4, 0.5) is 0 Å². The van der Waals surface area contributed by atoms with Crippen molar-refractivity contribution in [2.75, 3.05) is 0 Å². The van der Waals surface area contributed by atoms with Gasteiger partial charge in [-0.3, -0.25) is 4.79 Å². The van der Waals surface area contributed by atoms with Gasteiger partial charge in [0.05, 0.1) is 10.9 Å². The Hall–Kier alpha value is -1.89. The number of sulfonamides is 1. The lowest BCUT2D eigenvalue weighted by atomic mass is 10.1. The van der Waals surface area contributed by atoms with Crippen LogP contribution in [0.5, 0.6) is 0 Å². The van der Waals surface area contributed by atoms with E-state index in [-0.39, 0.29) is 16.8 Å². The van der Waals surface area contributed by atoms with Crippen molar-refractivity contribution in [2.45, 2.75) is 23.8 Å². The smallest absolute Gasteiger partial charge is 0.251 e. The number of rotatable bonds is 3. The average molecular weight is 351 g/mol. The fourth-order valence-corrected chi connectivity index (χ4v) is 3.48. The third kappa shape index (κ3) is 3.39. The van der Waals surface area contributed by atoms with Crippen molar-refractivity contribution in [1.29, 1.82) is 0 Å². The van der Waals surface area contributed by atoms with E-state index >= 15 is 0 Å². The predicted molar refractivity (Wildman–Crippen MR) is 87.8 cm³/mol. The number of nitrogens with two attached hydrogens (primary N) is 1. The van der Waals surface area contributed by atoms with Gasteiger partial charge in [0.1, 0.15) is 0 Å². The van der Waals surface area contributed by atoms with Gasteiger partial charge in [-0.2, -0.15) is 0 Å². The Morgan fingerprint density at radius 2 is 1.87 bits per heavy atom. The molecule has 1 amide bonds. The number of amides is 1. The fourth-order valence-electron chi connectivity index (χ4n) is 2.77. The quantitative estimate of drug-likeness (QED) is 0.890. The van der Waals surface area contributed by atoms with Crippen LogP contribution < -0.4 is 10.5 Å². The van der Waals surface area contributed by atoms with Gasteiger partial charge in [0.15, 0.2) is 0 Å². The highest BCUT2D eigenvalue weighted by molar-refractivity contribution is 7.89.